The quantitative estimate of drug-likeness (QED) is 0.171. The number of fused-ring (bicyclic) bond motifs is 2. The molecule has 0 N–H and O–H groups in total. The molecule has 4 heteroatoms. The van der Waals surface area contributed by atoms with Crippen LogP contribution in [0.3, 0.4) is 0 Å². The van der Waals surface area contributed by atoms with Gasteiger partial charge in [-0.3, -0.25) is 0 Å². The van der Waals surface area contributed by atoms with Crippen molar-refractivity contribution < 1.29 is 0 Å². The Labute approximate surface area is 199 Å². The van der Waals surface area contributed by atoms with E-state index >= 15 is 0 Å². The van der Waals surface area contributed by atoms with E-state index in [1.54, 1.807) is 22.7 Å². The van der Waals surface area contributed by atoms with Crippen LogP contribution in [0.4, 0.5) is 0 Å². The molecule has 30 heavy (non-hydrogen) atoms. The summed E-state index contributed by atoms with van der Waals surface area (Å²) in [4.78, 5) is 0. The van der Waals surface area contributed by atoms with Gasteiger partial charge in [-0.05, 0) is 56.1 Å². The zero-order valence-electron chi connectivity index (χ0n) is 15.5. The van der Waals surface area contributed by atoms with Gasteiger partial charge in [-0.2, -0.15) is 0 Å². The van der Waals surface area contributed by atoms with Crippen molar-refractivity contribution in [1.29, 1.82) is 0 Å². The number of hydrogen-bond donors (Lipinski definition) is 0. The van der Waals surface area contributed by atoms with Crippen molar-refractivity contribution in [2.45, 2.75) is 0 Å². The van der Waals surface area contributed by atoms with Crippen molar-refractivity contribution in [3.63, 3.8) is 0 Å². The molecule has 0 radical (unpaired) electrons. The van der Waals surface area contributed by atoms with Crippen molar-refractivity contribution in [2.24, 2.45) is 0 Å². The number of benzene rings is 3. The Balaban J connectivity index is 1.53. The van der Waals surface area contributed by atoms with Crippen molar-refractivity contribution in [2.75, 3.05) is 0 Å². The van der Waals surface area contributed by atoms with Crippen LogP contribution in [-0.4, -0.2) is 0 Å². The van der Waals surface area contributed by atoms with E-state index in [0.717, 1.165) is 31.2 Å². The van der Waals surface area contributed by atoms with E-state index in [-0.39, 0.29) is 0 Å². The van der Waals surface area contributed by atoms with Crippen LogP contribution in [0.2, 0.25) is 0 Å². The molecule has 5 rings (SSSR count). The van der Waals surface area contributed by atoms with Gasteiger partial charge in [0.2, 0.25) is 0 Å². The number of halogens is 2. The number of rotatable bonds is 0. The molecule has 0 amide bonds. The largest absolute Gasteiger partial charge is 0.142 e. The standard InChI is InChI=1S/C26H12Br2S2/c27-23-14-24(28)18(10-12-20-16-30-26-8-4-2-6-22(20)26)13-17(23)9-11-19-15-29-25-7-3-1-5-21(19)25/h1-8,13-16H. The molecule has 0 aliphatic rings. The molecule has 0 spiro atoms. The summed E-state index contributed by atoms with van der Waals surface area (Å²) in [6.45, 7) is 0. The monoisotopic (exact) mass is 546 g/mol. The smallest absolute Gasteiger partial charge is 0.0434 e. The van der Waals surface area contributed by atoms with Crippen LogP contribution in [0.25, 0.3) is 20.2 Å². The molecular formula is C26H12Br2S2. The van der Waals surface area contributed by atoms with Gasteiger partial charge < -0.3 is 0 Å². The van der Waals surface area contributed by atoms with Crippen LogP contribution in [-0.2, 0) is 0 Å². The lowest BCUT2D eigenvalue weighted by Gasteiger charge is -2.01. The molecule has 0 atom stereocenters. The number of thiophene rings is 2. The minimum atomic E-state index is 0.924. The van der Waals surface area contributed by atoms with Gasteiger partial charge in [-0.1, -0.05) is 60.1 Å². The SMILES string of the molecule is Brc1cc(Br)c(C#Cc2csc3ccccc23)cc1C#Cc1csc2ccccc12. The Kier molecular flexibility index (Phi) is 5.50. The molecular weight excluding hydrogens is 536 g/mol. The third-order valence-corrected chi connectivity index (χ3v) is 7.92. The summed E-state index contributed by atoms with van der Waals surface area (Å²) in [7, 11) is 0. The van der Waals surface area contributed by atoms with Gasteiger partial charge in [0.05, 0.1) is 0 Å². The first-order valence-corrected chi connectivity index (χ1v) is 12.5. The maximum absolute atomic E-state index is 3.64. The van der Waals surface area contributed by atoms with Crippen LogP contribution in [0, 0.1) is 23.7 Å². The van der Waals surface area contributed by atoms with E-state index in [1.165, 1.54) is 20.2 Å². The van der Waals surface area contributed by atoms with Gasteiger partial charge in [0.1, 0.15) is 0 Å². The van der Waals surface area contributed by atoms with E-state index < -0.39 is 0 Å². The predicted molar refractivity (Wildman–Crippen MR) is 137 cm³/mol. The first-order valence-electron chi connectivity index (χ1n) is 9.14. The summed E-state index contributed by atoms with van der Waals surface area (Å²) in [5, 5.41) is 6.64. The normalized spacial score (nSPS) is 10.5. The topological polar surface area (TPSA) is 0 Å². The van der Waals surface area contributed by atoms with Crippen molar-refractivity contribution >= 4 is 74.7 Å². The van der Waals surface area contributed by atoms with Crippen LogP contribution >= 0.6 is 54.5 Å². The Morgan fingerprint density at radius 2 is 0.967 bits per heavy atom. The third-order valence-electron chi connectivity index (χ3n) is 4.68. The zero-order chi connectivity index (χ0) is 20.5. The highest BCUT2D eigenvalue weighted by Crippen LogP contribution is 2.28. The van der Waals surface area contributed by atoms with Gasteiger partial charge in [-0.25, -0.2) is 0 Å². The summed E-state index contributed by atoms with van der Waals surface area (Å²) in [5.74, 6) is 13.3. The third kappa shape index (κ3) is 3.85. The van der Waals surface area contributed by atoms with Crippen molar-refractivity contribution in [3.8, 4) is 23.7 Å². The molecule has 2 aromatic heterocycles. The van der Waals surface area contributed by atoms with Crippen LogP contribution in [0.1, 0.15) is 22.3 Å². The maximum Gasteiger partial charge on any atom is 0.0434 e. The summed E-state index contributed by atoms with van der Waals surface area (Å²) < 4.78 is 4.42. The fourth-order valence-corrected chi connectivity index (χ4v) is 6.14. The van der Waals surface area contributed by atoms with Gasteiger partial charge in [0.25, 0.3) is 0 Å². The maximum atomic E-state index is 3.64. The summed E-state index contributed by atoms with van der Waals surface area (Å²) >= 11 is 10.7. The molecule has 0 saturated carbocycles. The minimum absolute atomic E-state index is 0.924. The average Bonchev–Trinajstić information content (AvgIpc) is 3.37. The molecule has 0 nitrogen and oxygen atoms in total. The lowest BCUT2D eigenvalue weighted by Crippen LogP contribution is -1.85. The molecule has 3 aromatic carbocycles. The molecule has 0 fully saturated rings. The van der Waals surface area contributed by atoms with Gasteiger partial charge in [0.15, 0.2) is 0 Å². The molecule has 142 valence electrons. The Morgan fingerprint density at radius 1 is 0.533 bits per heavy atom. The summed E-state index contributed by atoms with van der Waals surface area (Å²) in [5.41, 5.74) is 3.96. The van der Waals surface area contributed by atoms with Crippen molar-refractivity contribution in [3.05, 3.63) is 103 Å². The van der Waals surface area contributed by atoms with Crippen LogP contribution in [0.5, 0.6) is 0 Å². The van der Waals surface area contributed by atoms with Crippen molar-refractivity contribution in [1.82, 2.24) is 0 Å². The zero-order valence-corrected chi connectivity index (χ0v) is 20.3. The Bertz CT molecular complexity index is 1420. The van der Waals surface area contributed by atoms with Crippen LogP contribution in [0.15, 0.2) is 80.4 Å². The first-order chi connectivity index (χ1) is 14.7. The van der Waals surface area contributed by atoms with Gasteiger partial charge in [-0.15, -0.1) is 22.7 Å². The predicted octanol–water partition coefficient (Wildman–Crippen LogP) is 8.44. The molecule has 5 aromatic rings. The van der Waals surface area contributed by atoms with E-state index in [0.29, 0.717) is 0 Å². The second kappa shape index (κ2) is 8.42. The Hall–Kier alpha value is -2.34. The fourth-order valence-electron chi connectivity index (χ4n) is 3.16. The summed E-state index contributed by atoms with van der Waals surface area (Å²) in [6, 6.07) is 20.8. The summed E-state index contributed by atoms with van der Waals surface area (Å²) in [6.07, 6.45) is 0. The molecule has 0 unspecified atom stereocenters. The highest BCUT2D eigenvalue weighted by atomic mass is 79.9. The van der Waals surface area contributed by atoms with E-state index in [2.05, 4.69) is 115 Å². The van der Waals surface area contributed by atoms with E-state index in [9.17, 15) is 0 Å². The average molecular weight is 548 g/mol. The van der Waals surface area contributed by atoms with E-state index in [1.807, 2.05) is 12.1 Å². The second-order valence-corrected chi connectivity index (χ2v) is 10.1. The van der Waals surface area contributed by atoms with Gasteiger partial charge in [0, 0.05) is 62.1 Å². The first kappa shape index (κ1) is 19.6. The lowest BCUT2D eigenvalue weighted by atomic mass is 10.1. The molecule has 0 aliphatic carbocycles. The molecule has 0 bridgehead atoms. The minimum Gasteiger partial charge on any atom is -0.142 e. The Morgan fingerprint density at radius 3 is 1.47 bits per heavy atom. The highest BCUT2D eigenvalue weighted by Gasteiger charge is 2.06. The second-order valence-electron chi connectivity index (χ2n) is 6.60. The lowest BCUT2D eigenvalue weighted by molar-refractivity contribution is 1.51. The molecule has 2 heterocycles. The molecule has 0 saturated heterocycles. The van der Waals surface area contributed by atoms with Gasteiger partial charge >= 0.3 is 0 Å². The molecule has 0 aliphatic heterocycles. The highest BCUT2D eigenvalue weighted by molar-refractivity contribution is 9.11. The fraction of sp³-hybridized carbons (Fsp3) is 0. The van der Waals surface area contributed by atoms with E-state index in [4.69, 9.17) is 0 Å². The van der Waals surface area contributed by atoms with Crippen LogP contribution < -0.4 is 0 Å². The number of hydrogen-bond acceptors (Lipinski definition) is 2.